The minimum absolute atomic E-state index is 0.0688. The number of ether oxygens (including phenoxy) is 1. The minimum Gasteiger partial charge on any atom is -0.465 e. The number of aryl methyl sites for hydroxylation is 1. The lowest BCUT2D eigenvalue weighted by Gasteiger charge is -2.16. The van der Waals surface area contributed by atoms with Crippen LogP contribution in [0, 0.1) is 0 Å². The summed E-state index contributed by atoms with van der Waals surface area (Å²) in [7, 11) is 1.19. The van der Waals surface area contributed by atoms with Crippen LogP contribution in [0.4, 0.5) is 18.9 Å². The second kappa shape index (κ2) is 8.58. The summed E-state index contributed by atoms with van der Waals surface area (Å²) >= 11 is 0. The summed E-state index contributed by atoms with van der Waals surface area (Å²) in [4.78, 5) is 28.1. The van der Waals surface area contributed by atoms with E-state index < -0.39 is 35.0 Å². The molecular formula is C21H21F3N4O4. The second-order valence-electron chi connectivity index (χ2n) is 7.77. The van der Waals surface area contributed by atoms with Crippen molar-refractivity contribution in [3.8, 4) is 0 Å². The largest absolute Gasteiger partial charge is 0.465 e. The summed E-state index contributed by atoms with van der Waals surface area (Å²) in [5, 5.41) is 17.2. The Bertz CT molecular complexity index is 1170. The summed E-state index contributed by atoms with van der Waals surface area (Å²) in [6.07, 6.45) is -2.66. The molecule has 3 aromatic rings. The maximum atomic E-state index is 12.9. The Kier molecular flexibility index (Phi) is 6.22. The van der Waals surface area contributed by atoms with E-state index in [4.69, 9.17) is 4.74 Å². The maximum absolute atomic E-state index is 12.9. The Morgan fingerprint density at radius 3 is 2.56 bits per heavy atom. The molecule has 2 heterocycles. The first-order valence-corrected chi connectivity index (χ1v) is 9.55. The number of carbonyl (C=O) groups excluding carboxylic acids is 2. The van der Waals surface area contributed by atoms with Crippen LogP contribution in [0.3, 0.4) is 0 Å². The number of fused-ring (bicyclic) bond motifs is 1. The van der Waals surface area contributed by atoms with E-state index in [0.717, 1.165) is 18.2 Å². The van der Waals surface area contributed by atoms with Gasteiger partial charge in [-0.1, -0.05) is 6.07 Å². The topological polar surface area (TPSA) is 106 Å². The van der Waals surface area contributed by atoms with Crippen molar-refractivity contribution in [2.75, 3.05) is 12.4 Å². The van der Waals surface area contributed by atoms with E-state index in [-0.39, 0.29) is 11.3 Å². The molecule has 0 radical (unpaired) electrons. The Labute approximate surface area is 181 Å². The molecule has 0 bridgehead atoms. The Balaban J connectivity index is 1.94. The molecule has 0 unspecified atom stereocenters. The number of halogens is 3. The van der Waals surface area contributed by atoms with E-state index >= 15 is 0 Å². The van der Waals surface area contributed by atoms with Crippen molar-refractivity contribution in [1.82, 2.24) is 14.8 Å². The van der Waals surface area contributed by atoms with Crippen LogP contribution in [0.2, 0.25) is 0 Å². The maximum Gasteiger partial charge on any atom is 0.433 e. The Hall–Kier alpha value is -3.47. The number of nitrogens with one attached hydrogen (secondary N) is 1. The molecule has 1 amide bonds. The number of pyridine rings is 1. The van der Waals surface area contributed by atoms with Crippen molar-refractivity contribution in [2.24, 2.45) is 0 Å². The number of rotatable bonds is 6. The van der Waals surface area contributed by atoms with Gasteiger partial charge in [-0.3, -0.25) is 9.48 Å². The fourth-order valence-electron chi connectivity index (χ4n) is 2.94. The van der Waals surface area contributed by atoms with Gasteiger partial charge in [-0.05, 0) is 44.5 Å². The molecule has 170 valence electrons. The quantitative estimate of drug-likeness (QED) is 0.556. The molecule has 2 aromatic heterocycles. The van der Waals surface area contributed by atoms with E-state index in [1.54, 1.807) is 24.7 Å². The first-order chi connectivity index (χ1) is 14.9. The third-order valence-corrected chi connectivity index (χ3v) is 4.54. The van der Waals surface area contributed by atoms with Gasteiger partial charge in [-0.2, -0.15) is 18.3 Å². The number of alkyl halides is 3. The van der Waals surface area contributed by atoms with Crippen LogP contribution < -0.4 is 5.32 Å². The number of hydrogen-bond acceptors (Lipinski definition) is 6. The molecule has 0 atom stereocenters. The number of esters is 1. The predicted octanol–water partition coefficient (Wildman–Crippen LogP) is 3.65. The van der Waals surface area contributed by atoms with Crippen LogP contribution in [0.1, 0.15) is 46.8 Å². The van der Waals surface area contributed by atoms with Crippen LogP contribution in [0.5, 0.6) is 0 Å². The Morgan fingerprint density at radius 2 is 1.94 bits per heavy atom. The van der Waals surface area contributed by atoms with Gasteiger partial charge in [0, 0.05) is 23.8 Å². The molecule has 8 nitrogen and oxygen atoms in total. The van der Waals surface area contributed by atoms with Crippen LogP contribution >= 0.6 is 0 Å². The molecule has 0 aliphatic heterocycles. The average molecular weight is 450 g/mol. The lowest BCUT2D eigenvalue weighted by Crippen LogP contribution is -2.21. The summed E-state index contributed by atoms with van der Waals surface area (Å²) in [6.45, 7) is 3.69. The highest BCUT2D eigenvalue weighted by Gasteiger charge is 2.33. The van der Waals surface area contributed by atoms with Crippen molar-refractivity contribution in [3.05, 3.63) is 53.5 Å². The van der Waals surface area contributed by atoms with Crippen molar-refractivity contribution < 1.29 is 32.6 Å². The highest BCUT2D eigenvalue weighted by Crippen LogP contribution is 2.28. The van der Waals surface area contributed by atoms with Gasteiger partial charge < -0.3 is 15.2 Å². The van der Waals surface area contributed by atoms with E-state index in [2.05, 4.69) is 15.4 Å². The van der Waals surface area contributed by atoms with Gasteiger partial charge in [0.2, 0.25) is 0 Å². The highest BCUT2D eigenvalue weighted by molar-refractivity contribution is 6.08. The van der Waals surface area contributed by atoms with Gasteiger partial charge in [-0.25, -0.2) is 9.78 Å². The molecule has 0 fully saturated rings. The van der Waals surface area contributed by atoms with Crippen LogP contribution in [-0.2, 0) is 17.5 Å². The SMILES string of the molecule is COC(=O)c1cc(NC(=O)c2cccc(C(F)(F)F)n2)cc2cn(CCC(C)(C)O)nc12. The fourth-order valence-corrected chi connectivity index (χ4v) is 2.94. The molecule has 0 saturated carbocycles. The van der Waals surface area contributed by atoms with Crippen molar-refractivity contribution in [2.45, 2.75) is 38.6 Å². The number of hydrogen-bond donors (Lipinski definition) is 2. The zero-order chi connectivity index (χ0) is 23.7. The van der Waals surface area contributed by atoms with Crippen molar-refractivity contribution in [1.29, 1.82) is 0 Å². The number of carbonyl (C=O) groups is 2. The summed E-state index contributed by atoms with van der Waals surface area (Å²) in [6, 6.07) is 5.85. The zero-order valence-electron chi connectivity index (χ0n) is 17.5. The van der Waals surface area contributed by atoms with E-state index in [1.807, 2.05) is 0 Å². The smallest absolute Gasteiger partial charge is 0.433 e. The average Bonchev–Trinajstić information content (AvgIpc) is 3.13. The molecule has 0 saturated heterocycles. The molecule has 0 aliphatic rings. The molecule has 0 spiro atoms. The first kappa shape index (κ1) is 23.2. The summed E-state index contributed by atoms with van der Waals surface area (Å²) < 4.78 is 45.0. The highest BCUT2D eigenvalue weighted by atomic mass is 19.4. The van der Waals surface area contributed by atoms with E-state index in [0.29, 0.717) is 23.9 Å². The van der Waals surface area contributed by atoms with Gasteiger partial charge in [-0.15, -0.1) is 0 Å². The van der Waals surface area contributed by atoms with E-state index in [9.17, 15) is 27.9 Å². The molecule has 0 aliphatic carbocycles. The lowest BCUT2D eigenvalue weighted by molar-refractivity contribution is -0.141. The second-order valence-corrected chi connectivity index (χ2v) is 7.77. The standard InChI is InChI=1S/C21H21F3N4O4/c1-20(2,31)7-8-28-11-12-9-13(10-14(17(12)27-28)19(30)32-3)25-18(29)15-5-4-6-16(26-15)21(22,23)24/h4-6,9-11,31H,7-8H2,1-3H3,(H,25,29). The van der Waals surface area contributed by atoms with Crippen molar-refractivity contribution in [3.63, 3.8) is 0 Å². The van der Waals surface area contributed by atoms with Gasteiger partial charge in [0.15, 0.2) is 0 Å². The Morgan fingerprint density at radius 1 is 1.22 bits per heavy atom. The molecule has 1 aromatic carbocycles. The normalized spacial score (nSPS) is 12.1. The number of amides is 1. The van der Waals surface area contributed by atoms with Crippen LogP contribution in [0.25, 0.3) is 10.9 Å². The summed E-state index contributed by atoms with van der Waals surface area (Å²) in [5.74, 6) is -1.57. The zero-order valence-corrected chi connectivity index (χ0v) is 17.5. The van der Waals surface area contributed by atoms with Gasteiger partial charge >= 0.3 is 12.1 Å². The molecule has 11 heteroatoms. The van der Waals surface area contributed by atoms with Gasteiger partial charge in [0.25, 0.3) is 5.91 Å². The summed E-state index contributed by atoms with van der Waals surface area (Å²) in [5.41, 5.74) is -1.99. The lowest BCUT2D eigenvalue weighted by atomic mass is 10.1. The molecule has 2 N–H and O–H groups in total. The number of anilines is 1. The number of methoxy groups -OCH3 is 1. The molecular weight excluding hydrogens is 429 g/mol. The van der Waals surface area contributed by atoms with Crippen LogP contribution in [-0.4, -0.2) is 44.5 Å². The number of nitrogens with zero attached hydrogens (tertiary/aromatic N) is 3. The third-order valence-electron chi connectivity index (χ3n) is 4.54. The number of aliphatic hydroxyl groups is 1. The first-order valence-electron chi connectivity index (χ1n) is 9.55. The fraction of sp³-hybridized carbons (Fsp3) is 0.333. The molecule has 32 heavy (non-hydrogen) atoms. The van der Waals surface area contributed by atoms with Gasteiger partial charge in [0.05, 0.1) is 18.3 Å². The predicted molar refractivity (Wildman–Crippen MR) is 109 cm³/mol. The van der Waals surface area contributed by atoms with E-state index in [1.165, 1.54) is 19.2 Å². The van der Waals surface area contributed by atoms with Gasteiger partial charge in [0.1, 0.15) is 16.9 Å². The number of benzene rings is 1. The minimum atomic E-state index is -4.69. The van der Waals surface area contributed by atoms with Crippen LogP contribution in [0.15, 0.2) is 36.5 Å². The monoisotopic (exact) mass is 450 g/mol. The molecule has 3 rings (SSSR count). The van der Waals surface area contributed by atoms with Crippen molar-refractivity contribution >= 4 is 28.5 Å². The number of aromatic nitrogens is 3. The third kappa shape index (κ3) is 5.41.